The standard InChI is InChI=1S/C14H30N2O/c1-10(2)15-13-7-14(9-17-12(5)6)16(8-13)11(3)4/h10-15H,7-9H2,1-6H3/t13-,14+/m1/s1. The van der Waals surface area contributed by atoms with Gasteiger partial charge in [0, 0.05) is 30.7 Å². The summed E-state index contributed by atoms with van der Waals surface area (Å²) in [4.78, 5) is 2.57. The third-order valence-corrected chi connectivity index (χ3v) is 3.31. The van der Waals surface area contributed by atoms with Crippen molar-refractivity contribution in [3.63, 3.8) is 0 Å². The van der Waals surface area contributed by atoms with Crippen LogP contribution in [0.5, 0.6) is 0 Å². The van der Waals surface area contributed by atoms with E-state index in [1.165, 1.54) is 6.42 Å². The van der Waals surface area contributed by atoms with Gasteiger partial charge in [-0.1, -0.05) is 13.8 Å². The molecule has 0 unspecified atom stereocenters. The molecule has 0 amide bonds. The average Bonchev–Trinajstić information content (AvgIpc) is 2.57. The first-order chi connectivity index (χ1) is 7.90. The van der Waals surface area contributed by atoms with Crippen molar-refractivity contribution >= 4 is 0 Å². The Morgan fingerprint density at radius 1 is 1.18 bits per heavy atom. The average molecular weight is 242 g/mol. The van der Waals surface area contributed by atoms with E-state index < -0.39 is 0 Å². The summed E-state index contributed by atoms with van der Waals surface area (Å²) in [5.74, 6) is 0. The van der Waals surface area contributed by atoms with Crippen LogP contribution in [0.3, 0.4) is 0 Å². The van der Waals surface area contributed by atoms with Gasteiger partial charge in [0.2, 0.25) is 0 Å². The summed E-state index contributed by atoms with van der Waals surface area (Å²) < 4.78 is 5.79. The zero-order valence-electron chi connectivity index (χ0n) is 12.4. The van der Waals surface area contributed by atoms with Crippen LogP contribution in [-0.4, -0.2) is 48.3 Å². The van der Waals surface area contributed by atoms with Crippen molar-refractivity contribution in [2.45, 2.75) is 78.2 Å². The molecule has 0 aromatic rings. The first kappa shape index (κ1) is 14.9. The first-order valence-corrected chi connectivity index (χ1v) is 7.03. The molecule has 1 fully saturated rings. The van der Waals surface area contributed by atoms with E-state index in [-0.39, 0.29) is 0 Å². The van der Waals surface area contributed by atoms with Crippen LogP contribution in [0.2, 0.25) is 0 Å². The van der Waals surface area contributed by atoms with Crippen molar-refractivity contribution in [3.8, 4) is 0 Å². The highest BCUT2D eigenvalue weighted by atomic mass is 16.5. The third-order valence-electron chi connectivity index (χ3n) is 3.31. The Labute approximate surface area is 107 Å². The van der Waals surface area contributed by atoms with Gasteiger partial charge in [0.15, 0.2) is 0 Å². The van der Waals surface area contributed by atoms with Crippen molar-refractivity contribution in [2.24, 2.45) is 0 Å². The van der Waals surface area contributed by atoms with Crippen LogP contribution in [0.4, 0.5) is 0 Å². The summed E-state index contributed by atoms with van der Waals surface area (Å²) in [6.45, 7) is 15.2. The summed E-state index contributed by atoms with van der Waals surface area (Å²) in [5.41, 5.74) is 0. The van der Waals surface area contributed by atoms with E-state index in [1.54, 1.807) is 0 Å². The fourth-order valence-electron chi connectivity index (χ4n) is 2.63. The van der Waals surface area contributed by atoms with E-state index in [0.29, 0.717) is 30.3 Å². The van der Waals surface area contributed by atoms with Gasteiger partial charge in [0.05, 0.1) is 12.7 Å². The van der Waals surface area contributed by atoms with Gasteiger partial charge in [-0.15, -0.1) is 0 Å². The molecule has 0 bridgehead atoms. The van der Waals surface area contributed by atoms with Gasteiger partial charge in [-0.3, -0.25) is 4.90 Å². The zero-order chi connectivity index (χ0) is 13.0. The molecular formula is C14H30N2O. The number of rotatable bonds is 6. The molecule has 0 aliphatic carbocycles. The molecule has 1 aliphatic heterocycles. The molecule has 0 saturated carbocycles. The van der Waals surface area contributed by atoms with Crippen LogP contribution >= 0.6 is 0 Å². The van der Waals surface area contributed by atoms with E-state index in [0.717, 1.165) is 13.2 Å². The van der Waals surface area contributed by atoms with Crippen LogP contribution in [0.1, 0.15) is 48.0 Å². The molecule has 0 aromatic carbocycles. The van der Waals surface area contributed by atoms with E-state index in [2.05, 4.69) is 51.8 Å². The second-order valence-electron chi connectivity index (χ2n) is 6.08. The van der Waals surface area contributed by atoms with Gasteiger partial charge in [0.25, 0.3) is 0 Å². The predicted octanol–water partition coefficient (Wildman–Crippen LogP) is 2.26. The van der Waals surface area contributed by atoms with Crippen molar-refractivity contribution < 1.29 is 4.74 Å². The topological polar surface area (TPSA) is 24.5 Å². The Morgan fingerprint density at radius 3 is 2.29 bits per heavy atom. The lowest BCUT2D eigenvalue weighted by Crippen LogP contribution is -2.40. The molecule has 0 aromatic heterocycles. The highest BCUT2D eigenvalue weighted by Crippen LogP contribution is 2.21. The van der Waals surface area contributed by atoms with Gasteiger partial charge in [0.1, 0.15) is 0 Å². The number of hydrogen-bond donors (Lipinski definition) is 1. The molecule has 3 heteroatoms. The highest BCUT2D eigenvalue weighted by molar-refractivity contribution is 4.91. The van der Waals surface area contributed by atoms with Gasteiger partial charge in [-0.05, 0) is 34.1 Å². The second-order valence-corrected chi connectivity index (χ2v) is 6.08. The molecule has 1 heterocycles. The minimum atomic E-state index is 0.334. The van der Waals surface area contributed by atoms with Crippen LogP contribution in [0, 0.1) is 0 Å². The van der Waals surface area contributed by atoms with Gasteiger partial charge in [-0.25, -0.2) is 0 Å². The van der Waals surface area contributed by atoms with Crippen LogP contribution < -0.4 is 5.32 Å². The van der Waals surface area contributed by atoms with Crippen molar-refractivity contribution in [1.82, 2.24) is 10.2 Å². The fraction of sp³-hybridized carbons (Fsp3) is 1.00. The number of nitrogens with one attached hydrogen (secondary N) is 1. The Morgan fingerprint density at radius 2 is 1.82 bits per heavy atom. The zero-order valence-corrected chi connectivity index (χ0v) is 12.4. The minimum absolute atomic E-state index is 0.334. The van der Waals surface area contributed by atoms with Crippen molar-refractivity contribution in [1.29, 1.82) is 0 Å². The second kappa shape index (κ2) is 6.72. The molecule has 0 spiro atoms. The summed E-state index contributed by atoms with van der Waals surface area (Å²) in [5, 5.41) is 3.65. The number of likely N-dealkylation sites (tertiary alicyclic amines) is 1. The SMILES string of the molecule is CC(C)N[C@@H]1C[C@@H](COC(C)C)N(C(C)C)C1. The monoisotopic (exact) mass is 242 g/mol. The Hall–Kier alpha value is -0.120. The van der Waals surface area contributed by atoms with E-state index in [4.69, 9.17) is 4.74 Å². The van der Waals surface area contributed by atoms with Gasteiger partial charge >= 0.3 is 0 Å². The minimum Gasteiger partial charge on any atom is -0.377 e. The molecule has 2 atom stereocenters. The Balaban J connectivity index is 2.48. The Kier molecular flexibility index (Phi) is 5.90. The summed E-state index contributed by atoms with van der Waals surface area (Å²) in [6, 6.07) is 2.38. The highest BCUT2D eigenvalue weighted by Gasteiger charge is 2.33. The molecule has 0 radical (unpaired) electrons. The smallest absolute Gasteiger partial charge is 0.0626 e. The fourth-order valence-corrected chi connectivity index (χ4v) is 2.63. The maximum absolute atomic E-state index is 5.79. The van der Waals surface area contributed by atoms with Crippen LogP contribution in [-0.2, 0) is 4.74 Å². The molecule has 1 rings (SSSR count). The van der Waals surface area contributed by atoms with Gasteiger partial charge in [-0.2, -0.15) is 0 Å². The summed E-state index contributed by atoms with van der Waals surface area (Å²) in [6.07, 6.45) is 1.55. The van der Waals surface area contributed by atoms with Crippen molar-refractivity contribution in [3.05, 3.63) is 0 Å². The lowest BCUT2D eigenvalue weighted by atomic mass is 10.1. The molecule has 3 nitrogen and oxygen atoms in total. The van der Waals surface area contributed by atoms with Crippen LogP contribution in [0.25, 0.3) is 0 Å². The lowest BCUT2D eigenvalue weighted by Gasteiger charge is -2.28. The number of nitrogens with zero attached hydrogens (tertiary/aromatic N) is 1. The number of ether oxygens (including phenoxy) is 1. The van der Waals surface area contributed by atoms with Crippen molar-refractivity contribution in [2.75, 3.05) is 13.2 Å². The largest absolute Gasteiger partial charge is 0.377 e. The molecular weight excluding hydrogens is 212 g/mol. The number of hydrogen-bond acceptors (Lipinski definition) is 3. The molecule has 1 N–H and O–H groups in total. The maximum atomic E-state index is 5.79. The predicted molar refractivity (Wildman–Crippen MR) is 73.4 cm³/mol. The normalized spacial score (nSPS) is 26.6. The first-order valence-electron chi connectivity index (χ1n) is 7.03. The van der Waals surface area contributed by atoms with E-state index >= 15 is 0 Å². The third kappa shape index (κ3) is 4.94. The maximum Gasteiger partial charge on any atom is 0.0626 e. The summed E-state index contributed by atoms with van der Waals surface area (Å²) in [7, 11) is 0. The van der Waals surface area contributed by atoms with E-state index in [9.17, 15) is 0 Å². The lowest BCUT2D eigenvalue weighted by molar-refractivity contribution is 0.0299. The Bertz CT molecular complexity index is 216. The molecule has 1 saturated heterocycles. The molecule has 1 aliphatic rings. The van der Waals surface area contributed by atoms with Crippen LogP contribution in [0.15, 0.2) is 0 Å². The molecule has 102 valence electrons. The quantitative estimate of drug-likeness (QED) is 0.773. The molecule has 17 heavy (non-hydrogen) atoms. The van der Waals surface area contributed by atoms with Gasteiger partial charge < -0.3 is 10.1 Å². The summed E-state index contributed by atoms with van der Waals surface area (Å²) >= 11 is 0. The van der Waals surface area contributed by atoms with E-state index in [1.807, 2.05) is 0 Å².